The van der Waals surface area contributed by atoms with Crippen LogP contribution in [-0.2, 0) is 16.1 Å². The van der Waals surface area contributed by atoms with Gasteiger partial charge < -0.3 is 25.3 Å². The summed E-state index contributed by atoms with van der Waals surface area (Å²) in [5.74, 6) is 1.28. The van der Waals surface area contributed by atoms with Gasteiger partial charge in [0.05, 0.1) is 34.3 Å². The molecule has 0 aliphatic rings. The lowest BCUT2D eigenvalue weighted by Gasteiger charge is -2.09. The molecule has 0 saturated heterocycles. The normalized spacial score (nSPS) is 10.4. The van der Waals surface area contributed by atoms with E-state index in [-0.39, 0.29) is 42.3 Å². The predicted octanol–water partition coefficient (Wildman–Crippen LogP) is 1.29. The number of rotatable bonds is 7. The number of benzene rings is 1. The van der Waals surface area contributed by atoms with Gasteiger partial charge in [0.1, 0.15) is 0 Å². The molecule has 0 aliphatic heterocycles. The maximum atomic E-state index is 10.9. The molecule has 3 N–H and O–H groups in total. The van der Waals surface area contributed by atoms with Crippen molar-refractivity contribution in [1.29, 1.82) is 0 Å². The van der Waals surface area contributed by atoms with E-state index in [1.807, 2.05) is 18.2 Å². The number of nitrogens with one attached hydrogen (secondary N) is 1. The van der Waals surface area contributed by atoms with Crippen LogP contribution in [0.1, 0.15) is 12.0 Å². The molecule has 0 fully saturated rings. The van der Waals surface area contributed by atoms with E-state index in [1.165, 1.54) is 7.11 Å². The van der Waals surface area contributed by atoms with Crippen molar-refractivity contribution < 1.29 is 19.0 Å². The summed E-state index contributed by atoms with van der Waals surface area (Å²) in [6, 6.07) is 5.53. The molecule has 0 amide bonds. The summed E-state index contributed by atoms with van der Waals surface area (Å²) in [4.78, 5) is 15.1. The first-order valence-corrected chi connectivity index (χ1v) is 6.42. The second kappa shape index (κ2) is 10.9. The average Bonchev–Trinajstić information content (AvgIpc) is 2.52. The Hall–Kier alpha value is -1.71. The average molecular weight is 423 g/mol. The number of ether oxygens (including phenoxy) is 3. The number of hydrogen-bond acceptors (Lipinski definition) is 5. The molecule has 0 bridgehead atoms. The highest BCUT2D eigenvalue weighted by Gasteiger charge is 2.04. The topological polar surface area (TPSA) is 95.2 Å². The van der Waals surface area contributed by atoms with Gasteiger partial charge in [-0.15, -0.1) is 24.0 Å². The Labute approximate surface area is 147 Å². The van der Waals surface area contributed by atoms with Gasteiger partial charge in [0.2, 0.25) is 0 Å². The Morgan fingerprint density at radius 1 is 1.23 bits per heavy atom. The SMILES string of the molecule is COC(=O)CCNC(N)=NCc1ccc(OC)c(OC)c1.I. The fourth-order valence-electron chi connectivity index (χ4n) is 1.61. The molecular weight excluding hydrogens is 401 g/mol. The number of hydrogen-bond donors (Lipinski definition) is 2. The molecule has 0 heterocycles. The second-order valence-corrected chi connectivity index (χ2v) is 4.14. The highest BCUT2D eigenvalue weighted by atomic mass is 127. The molecular formula is C14H22IN3O4. The van der Waals surface area contributed by atoms with Crippen molar-refractivity contribution in [1.82, 2.24) is 5.32 Å². The van der Waals surface area contributed by atoms with Crippen molar-refractivity contribution in [3.8, 4) is 11.5 Å². The number of nitrogens with two attached hydrogens (primary N) is 1. The molecule has 1 rings (SSSR count). The van der Waals surface area contributed by atoms with Crippen LogP contribution >= 0.6 is 24.0 Å². The minimum absolute atomic E-state index is 0. The molecule has 1 aromatic carbocycles. The number of esters is 1. The number of halogens is 1. The lowest BCUT2D eigenvalue weighted by Crippen LogP contribution is -2.33. The maximum Gasteiger partial charge on any atom is 0.307 e. The lowest BCUT2D eigenvalue weighted by atomic mass is 10.2. The van der Waals surface area contributed by atoms with Gasteiger partial charge in [-0.2, -0.15) is 0 Å². The second-order valence-electron chi connectivity index (χ2n) is 4.14. The summed E-state index contributed by atoms with van der Waals surface area (Å²) in [5.41, 5.74) is 6.64. The third-order valence-corrected chi connectivity index (χ3v) is 2.74. The standard InChI is InChI=1S/C14H21N3O4.HI/c1-19-11-5-4-10(8-12(11)20-2)9-17-14(15)16-7-6-13(18)21-3;/h4-5,8H,6-7,9H2,1-3H3,(H3,15,16,17);1H. The quantitative estimate of drug-likeness (QED) is 0.297. The molecule has 8 heteroatoms. The van der Waals surface area contributed by atoms with Crippen molar-refractivity contribution in [2.45, 2.75) is 13.0 Å². The molecule has 0 atom stereocenters. The van der Waals surface area contributed by atoms with Crippen LogP contribution in [0.15, 0.2) is 23.2 Å². The zero-order chi connectivity index (χ0) is 15.7. The first kappa shape index (κ1) is 20.3. The highest BCUT2D eigenvalue weighted by Crippen LogP contribution is 2.27. The van der Waals surface area contributed by atoms with Gasteiger partial charge in [-0.3, -0.25) is 4.79 Å². The molecule has 22 heavy (non-hydrogen) atoms. The zero-order valence-electron chi connectivity index (χ0n) is 12.9. The number of carbonyl (C=O) groups excluding carboxylic acids is 1. The van der Waals surface area contributed by atoms with Crippen LogP contribution in [0.25, 0.3) is 0 Å². The van der Waals surface area contributed by atoms with Gasteiger partial charge in [-0.25, -0.2) is 4.99 Å². The largest absolute Gasteiger partial charge is 0.493 e. The van der Waals surface area contributed by atoms with E-state index in [0.29, 0.717) is 24.6 Å². The molecule has 0 spiro atoms. The highest BCUT2D eigenvalue weighted by molar-refractivity contribution is 14.0. The first-order valence-electron chi connectivity index (χ1n) is 6.42. The summed E-state index contributed by atoms with van der Waals surface area (Å²) >= 11 is 0. The van der Waals surface area contributed by atoms with Gasteiger partial charge in [0, 0.05) is 6.54 Å². The summed E-state index contributed by atoms with van der Waals surface area (Å²) < 4.78 is 14.9. The number of aliphatic imine (C=N–C) groups is 1. The fourth-order valence-corrected chi connectivity index (χ4v) is 1.61. The summed E-state index contributed by atoms with van der Waals surface area (Å²) in [6.07, 6.45) is 0.239. The van der Waals surface area contributed by atoms with Gasteiger partial charge in [0.15, 0.2) is 17.5 Å². The first-order chi connectivity index (χ1) is 10.1. The van der Waals surface area contributed by atoms with Crippen molar-refractivity contribution in [3.05, 3.63) is 23.8 Å². The minimum Gasteiger partial charge on any atom is -0.493 e. The van der Waals surface area contributed by atoms with E-state index in [4.69, 9.17) is 15.2 Å². The Morgan fingerprint density at radius 3 is 2.50 bits per heavy atom. The fraction of sp³-hybridized carbons (Fsp3) is 0.429. The Kier molecular flexibility index (Phi) is 10.1. The van der Waals surface area contributed by atoms with Crippen LogP contribution in [0, 0.1) is 0 Å². The lowest BCUT2D eigenvalue weighted by molar-refractivity contribution is -0.140. The van der Waals surface area contributed by atoms with Gasteiger partial charge >= 0.3 is 5.97 Å². The molecule has 1 aromatic rings. The zero-order valence-corrected chi connectivity index (χ0v) is 15.2. The molecule has 0 saturated carbocycles. The Balaban J connectivity index is 0.00000441. The predicted molar refractivity (Wildman–Crippen MR) is 94.9 cm³/mol. The summed E-state index contributed by atoms with van der Waals surface area (Å²) in [7, 11) is 4.50. The molecule has 124 valence electrons. The van der Waals surface area contributed by atoms with E-state index in [0.717, 1.165) is 5.56 Å². The van der Waals surface area contributed by atoms with Crippen LogP contribution < -0.4 is 20.5 Å². The third kappa shape index (κ3) is 6.83. The van der Waals surface area contributed by atoms with E-state index in [9.17, 15) is 4.79 Å². The van der Waals surface area contributed by atoms with Crippen molar-refractivity contribution in [2.75, 3.05) is 27.9 Å². The number of methoxy groups -OCH3 is 3. The van der Waals surface area contributed by atoms with E-state index in [2.05, 4.69) is 15.0 Å². The molecule has 0 radical (unpaired) electrons. The smallest absolute Gasteiger partial charge is 0.307 e. The van der Waals surface area contributed by atoms with Crippen LogP contribution in [0.2, 0.25) is 0 Å². The van der Waals surface area contributed by atoms with E-state index >= 15 is 0 Å². The summed E-state index contributed by atoms with van der Waals surface area (Å²) in [6.45, 7) is 0.783. The van der Waals surface area contributed by atoms with E-state index in [1.54, 1.807) is 14.2 Å². The number of carbonyl (C=O) groups is 1. The summed E-state index contributed by atoms with van der Waals surface area (Å²) in [5, 5.41) is 2.84. The molecule has 7 nitrogen and oxygen atoms in total. The molecule has 0 unspecified atom stereocenters. The van der Waals surface area contributed by atoms with Crippen molar-refractivity contribution in [2.24, 2.45) is 10.7 Å². The van der Waals surface area contributed by atoms with Crippen LogP contribution in [0.5, 0.6) is 11.5 Å². The van der Waals surface area contributed by atoms with Crippen molar-refractivity contribution >= 4 is 35.9 Å². The number of guanidine groups is 1. The van der Waals surface area contributed by atoms with Crippen LogP contribution in [-0.4, -0.2) is 39.8 Å². The monoisotopic (exact) mass is 423 g/mol. The van der Waals surface area contributed by atoms with Gasteiger partial charge in [0.25, 0.3) is 0 Å². The van der Waals surface area contributed by atoms with Crippen LogP contribution in [0.3, 0.4) is 0 Å². The van der Waals surface area contributed by atoms with Crippen LogP contribution in [0.4, 0.5) is 0 Å². The molecule has 0 aliphatic carbocycles. The minimum atomic E-state index is -0.296. The van der Waals surface area contributed by atoms with Gasteiger partial charge in [-0.1, -0.05) is 6.07 Å². The van der Waals surface area contributed by atoms with Crippen molar-refractivity contribution in [3.63, 3.8) is 0 Å². The maximum absolute atomic E-state index is 10.9. The molecule has 0 aromatic heterocycles. The van der Waals surface area contributed by atoms with E-state index < -0.39 is 0 Å². The van der Waals surface area contributed by atoms with Gasteiger partial charge in [-0.05, 0) is 17.7 Å². The third-order valence-electron chi connectivity index (χ3n) is 2.74. The Morgan fingerprint density at radius 2 is 1.91 bits per heavy atom. The Bertz CT molecular complexity index is 509. The number of nitrogens with zero attached hydrogens (tertiary/aromatic N) is 1.